The number of nitriles is 1. The molecule has 2 amide bonds. The number of nitrogens with two attached hydrogens (primary N) is 1. The number of thiocarbonyl (C=S) groups is 1. The quantitative estimate of drug-likeness (QED) is 0.594. The fourth-order valence-corrected chi connectivity index (χ4v) is 5.28. The second-order valence-electron chi connectivity index (χ2n) is 8.68. The van der Waals surface area contributed by atoms with Gasteiger partial charge in [0.2, 0.25) is 5.91 Å². The van der Waals surface area contributed by atoms with E-state index in [0.717, 1.165) is 35.6 Å². The first-order valence-corrected chi connectivity index (χ1v) is 11.5. The highest BCUT2D eigenvalue weighted by Gasteiger charge is 2.57. The van der Waals surface area contributed by atoms with Crippen LogP contribution in [0.3, 0.4) is 0 Å². The number of amides is 2. The van der Waals surface area contributed by atoms with Gasteiger partial charge >= 0.3 is 6.18 Å². The van der Waals surface area contributed by atoms with Crippen molar-refractivity contribution in [2.24, 2.45) is 5.73 Å². The van der Waals surface area contributed by atoms with Crippen molar-refractivity contribution in [1.82, 2.24) is 4.98 Å². The molecular formula is C24H22F3N5O2S. The SMILES string of the molecule is N#Cc1ncc(N2C(=O)C3(CCCC3)N(c3ccc(CCCC(N)=O)cc3)C2=S)cc1C(F)(F)F. The van der Waals surface area contributed by atoms with Gasteiger partial charge in [0.25, 0.3) is 5.91 Å². The van der Waals surface area contributed by atoms with Gasteiger partial charge < -0.3 is 10.6 Å². The molecule has 1 aromatic heterocycles. The first-order chi connectivity index (χ1) is 16.6. The number of alkyl halides is 3. The fraction of sp³-hybridized carbons (Fsp3) is 0.375. The molecule has 7 nitrogen and oxygen atoms in total. The molecule has 1 aliphatic heterocycles. The molecule has 1 saturated heterocycles. The lowest BCUT2D eigenvalue weighted by Gasteiger charge is -2.32. The number of primary amides is 1. The molecule has 2 N–H and O–H groups in total. The highest BCUT2D eigenvalue weighted by Crippen LogP contribution is 2.46. The number of hydrogen-bond donors (Lipinski definition) is 1. The average Bonchev–Trinajstić information content (AvgIpc) is 3.37. The second-order valence-corrected chi connectivity index (χ2v) is 9.05. The molecule has 4 rings (SSSR count). The highest BCUT2D eigenvalue weighted by molar-refractivity contribution is 7.81. The predicted octanol–water partition coefficient (Wildman–Crippen LogP) is 4.23. The van der Waals surface area contributed by atoms with Crippen LogP contribution in [-0.2, 0) is 22.2 Å². The van der Waals surface area contributed by atoms with Crippen LogP contribution in [-0.4, -0.2) is 27.4 Å². The Hall–Kier alpha value is -3.52. The third-order valence-corrected chi connectivity index (χ3v) is 6.83. The number of carbonyl (C=O) groups is 2. The molecule has 0 unspecified atom stereocenters. The summed E-state index contributed by atoms with van der Waals surface area (Å²) >= 11 is 5.65. The van der Waals surface area contributed by atoms with Crippen LogP contribution in [0.4, 0.5) is 24.5 Å². The zero-order valence-corrected chi connectivity index (χ0v) is 19.5. The van der Waals surface area contributed by atoms with E-state index < -0.39 is 28.9 Å². The van der Waals surface area contributed by atoms with Crippen LogP contribution in [0.1, 0.15) is 55.3 Å². The number of rotatable bonds is 6. The van der Waals surface area contributed by atoms with E-state index in [1.165, 1.54) is 6.07 Å². The minimum absolute atomic E-state index is 0.0676. The number of benzene rings is 1. The summed E-state index contributed by atoms with van der Waals surface area (Å²) in [6, 6.07) is 9.59. The maximum atomic E-state index is 13.7. The molecule has 1 spiro atoms. The third kappa shape index (κ3) is 4.46. The average molecular weight is 502 g/mol. The molecule has 35 heavy (non-hydrogen) atoms. The lowest BCUT2D eigenvalue weighted by Crippen LogP contribution is -2.47. The normalized spacial score (nSPS) is 17.3. The van der Waals surface area contributed by atoms with Crippen LogP contribution < -0.4 is 15.5 Å². The van der Waals surface area contributed by atoms with Crippen LogP contribution >= 0.6 is 12.2 Å². The fourth-order valence-electron chi connectivity index (χ4n) is 4.82. The number of aryl methyl sites for hydroxylation is 1. The van der Waals surface area contributed by atoms with Gasteiger partial charge in [-0.3, -0.25) is 14.5 Å². The Kier molecular flexibility index (Phi) is 6.51. The van der Waals surface area contributed by atoms with Crippen molar-refractivity contribution in [3.05, 3.63) is 53.3 Å². The minimum atomic E-state index is -4.81. The number of pyridine rings is 1. The van der Waals surface area contributed by atoms with Crippen LogP contribution in [0.25, 0.3) is 0 Å². The van der Waals surface area contributed by atoms with Gasteiger partial charge in [0.05, 0.1) is 17.4 Å². The summed E-state index contributed by atoms with van der Waals surface area (Å²) in [7, 11) is 0. The first-order valence-electron chi connectivity index (χ1n) is 11.1. The summed E-state index contributed by atoms with van der Waals surface area (Å²) in [5, 5.41) is 9.12. The van der Waals surface area contributed by atoms with Crippen molar-refractivity contribution >= 4 is 40.5 Å². The Labute approximate surface area is 205 Å². The zero-order chi connectivity index (χ0) is 25.4. The van der Waals surface area contributed by atoms with Gasteiger partial charge in [-0.1, -0.05) is 25.0 Å². The highest BCUT2D eigenvalue weighted by atomic mass is 32.1. The molecule has 1 aliphatic carbocycles. The van der Waals surface area contributed by atoms with Crippen molar-refractivity contribution in [1.29, 1.82) is 5.26 Å². The van der Waals surface area contributed by atoms with E-state index in [4.69, 9.17) is 23.2 Å². The number of anilines is 2. The molecule has 0 atom stereocenters. The summed E-state index contributed by atoms with van der Waals surface area (Å²) in [4.78, 5) is 31.2. The number of nitrogens with zero attached hydrogens (tertiary/aromatic N) is 4. The lowest BCUT2D eigenvalue weighted by molar-refractivity contribution is -0.138. The van der Waals surface area contributed by atoms with E-state index >= 15 is 0 Å². The summed E-state index contributed by atoms with van der Waals surface area (Å²) in [5.74, 6) is -0.762. The van der Waals surface area contributed by atoms with Crippen LogP contribution in [0.2, 0.25) is 0 Å². The molecule has 2 aliphatic rings. The van der Waals surface area contributed by atoms with E-state index in [-0.39, 0.29) is 23.1 Å². The van der Waals surface area contributed by atoms with Crippen LogP contribution in [0.5, 0.6) is 0 Å². The summed E-state index contributed by atoms with van der Waals surface area (Å²) in [6.45, 7) is 0. The molecule has 2 aromatic rings. The van der Waals surface area contributed by atoms with Crippen molar-refractivity contribution in [2.45, 2.75) is 56.7 Å². The van der Waals surface area contributed by atoms with Crippen molar-refractivity contribution < 1.29 is 22.8 Å². The molecule has 1 aromatic carbocycles. The lowest BCUT2D eigenvalue weighted by atomic mass is 9.94. The molecule has 11 heteroatoms. The van der Waals surface area contributed by atoms with Crippen molar-refractivity contribution in [2.75, 3.05) is 9.80 Å². The second kappa shape index (κ2) is 9.26. The summed E-state index contributed by atoms with van der Waals surface area (Å²) < 4.78 is 40.6. The van der Waals surface area contributed by atoms with Gasteiger partial charge in [0, 0.05) is 12.1 Å². The largest absolute Gasteiger partial charge is 0.419 e. The van der Waals surface area contributed by atoms with Gasteiger partial charge in [-0.25, -0.2) is 4.98 Å². The van der Waals surface area contributed by atoms with Gasteiger partial charge in [0.1, 0.15) is 11.6 Å². The van der Waals surface area contributed by atoms with Gasteiger partial charge in [-0.05, 0) is 61.7 Å². The van der Waals surface area contributed by atoms with E-state index in [1.54, 1.807) is 4.90 Å². The third-order valence-electron chi connectivity index (χ3n) is 6.47. The van der Waals surface area contributed by atoms with Gasteiger partial charge in [-0.15, -0.1) is 0 Å². The number of halogens is 3. The molecular weight excluding hydrogens is 479 g/mol. The van der Waals surface area contributed by atoms with Crippen LogP contribution in [0, 0.1) is 11.3 Å². The Morgan fingerprint density at radius 3 is 2.43 bits per heavy atom. The van der Waals surface area contributed by atoms with E-state index in [0.29, 0.717) is 31.4 Å². The smallest absolute Gasteiger partial charge is 0.370 e. The molecule has 2 heterocycles. The topological polar surface area (TPSA) is 103 Å². The molecule has 0 radical (unpaired) electrons. The Morgan fingerprint density at radius 2 is 1.86 bits per heavy atom. The summed E-state index contributed by atoms with van der Waals surface area (Å²) in [6.07, 6.45) is 0.397. The zero-order valence-electron chi connectivity index (χ0n) is 18.6. The molecule has 1 saturated carbocycles. The standard InChI is InChI=1S/C24H22F3N5O2S/c25-24(26,27)18-12-17(14-30-19(18)13-28)31-21(34)23(10-1-2-11-23)32(22(31)35)16-8-6-15(7-9-16)4-3-5-20(29)33/h6-9,12,14H,1-5,10-11H2,(H2,29,33). The Balaban J connectivity index is 1.70. The van der Waals surface area contributed by atoms with Crippen molar-refractivity contribution in [3.8, 4) is 6.07 Å². The number of carbonyl (C=O) groups excluding carboxylic acids is 2. The Morgan fingerprint density at radius 1 is 1.20 bits per heavy atom. The summed E-state index contributed by atoms with van der Waals surface area (Å²) in [5.41, 5.74) is 3.73. The van der Waals surface area contributed by atoms with Gasteiger partial charge in [-0.2, -0.15) is 18.4 Å². The number of aromatic nitrogens is 1. The maximum absolute atomic E-state index is 13.7. The minimum Gasteiger partial charge on any atom is -0.370 e. The monoisotopic (exact) mass is 501 g/mol. The maximum Gasteiger partial charge on any atom is 0.419 e. The first kappa shape index (κ1) is 24.6. The molecule has 2 fully saturated rings. The molecule has 182 valence electrons. The van der Waals surface area contributed by atoms with E-state index in [2.05, 4.69) is 4.98 Å². The molecule has 0 bridgehead atoms. The number of hydrogen-bond acceptors (Lipinski definition) is 5. The predicted molar refractivity (Wildman–Crippen MR) is 126 cm³/mol. The van der Waals surface area contributed by atoms with E-state index in [1.807, 2.05) is 24.3 Å². The van der Waals surface area contributed by atoms with Gasteiger partial charge in [0.15, 0.2) is 10.8 Å². The Bertz CT molecular complexity index is 1220. The van der Waals surface area contributed by atoms with Crippen molar-refractivity contribution in [3.63, 3.8) is 0 Å². The van der Waals surface area contributed by atoms with E-state index in [9.17, 15) is 22.8 Å². The van der Waals surface area contributed by atoms with Crippen LogP contribution in [0.15, 0.2) is 36.5 Å².